The fraction of sp³-hybridized carbons (Fsp3) is 0.250. The minimum Gasteiger partial charge on any atom is -0.478 e. The van der Waals surface area contributed by atoms with Crippen molar-refractivity contribution in [2.24, 2.45) is 5.10 Å². The Bertz CT molecular complexity index is 1420. The molecule has 1 saturated heterocycles. The maximum Gasteiger partial charge on any atom is 0.337 e. The molecule has 0 atom stereocenters. The molecular weight excluding hydrogens is 518 g/mol. The molecule has 1 fully saturated rings. The van der Waals surface area contributed by atoms with Crippen LogP contribution in [0.15, 0.2) is 70.2 Å². The summed E-state index contributed by atoms with van der Waals surface area (Å²) in [6, 6.07) is 17.8. The van der Waals surface area contributed by atoms with Crippen molar-refractivity contribution >= 4 is 47.3 Å². The van der Waals surface area contributed by atoms with Crippen LogP contribution in [0, 0.1) is 0 Å². The third kappa shape index (κ3) is 7.32. The number of hydrogen-bond acceptors (Lipinski definition) is 9. The van der Waals surface area contributed by atoms with Crippen molar-refractivity contribution in [2.75, 3.05) is 28.7 Å². The number of aromatic nitrogens is 3. The molecule has 0 bridgehead atoms. The van der Waals surface area contributed by atoms with E-state index in [1.807, 2.05) is 44.2 Å². The van der Waals surface area contributed by atoms with Crippen molar-refractivity contribution in [1.29, 1.82) is 0 Å². The van der Waals surface area contributed by atoms with Crippen LogP contribution in [0.5, 0.6) is 0 Å². The van der Waals surface area contributed by atoms with Crippen LogP contribution in [0.1, 0.15) is 49.2 Å². The second-order valence-corrected chi connectivity index (χ2v) is 8.80. The first kappa shape index (κ1) is 27.6. The van der Waals surface area contributed by atoms with Gasteiger partial charge in [0.05, 0.1) is 16.8 Å². The molecule has 0 saturated carbocycles. The highest BCUT2D eigenvalue weighted by atomic mass is 35.5. The molecular formula is C28H30ClN7O3. The van der Waals surface area contributed by atoms with E-state index in [2.05, 4.69) is 35.7 Å². The molecule has 0 radical (unpaired) electrons. The number of carbonyl (C=O) groups is 1. The Morgan fingerprint density at radius 1 is 1.00 bits per heavy atom. The van der Waals surface area contributed by atoms with Gasteiger partial charge in [0.15, 0.2) is 0 Å². The molecule has 3 N–H and O–H groups in total. The Morgan fingerprint density at radius 3 is 2.49 bits per heavy atom. The topological polar surface area (TPSA) is 129 Å². The second kappa shape index (κ2) is 13.4. The third-order valence-corrected chi connectivity index (χ3v) is 6.09. The van der Waals surface area contributed by atoms with Crippen molar-refractivity contribution in [2.45, 2.75) is 33.1 Å². The van der Waals surface area contributed by atoms with Crippen LogP contribution in [0.4, 0.5) is 23.5 Å². The van der Waals surface area contributed by atoms with Crippen LogP contribution in [0.25, 0.3) is 11.3 Å². The van der Waals surface area contributed by atoms with E-state index < -0.39 is 5.97 Å². The number of anilines is 4. The highest BCUT2D eigenvalue weighted by molar-refractivity contribution is 6.33. The summed E-state index contributed by atoms with van der Waals surface area (Å²) >= 11 is 5.96. The zero-order chi connectivity index (χ0) is 27.6. The van der Waals surface area contributed by atoms with Crippen LogP contribution in [0.2, 0.25) is 5.02 Å². The van der Waals surface area contributed by atoms with Crippen molar-refractivity contribution in [3.8, 4) is 11.3 Å². The molecule has 5 rings (SSSR count). The van der Waals surface area contributed by atoms with E-state index in [1.165, 1.54) is 24.8 Å². The molecule has 0 unspecified atom stereocenters. The Labute approximate surface area is 231 Å². The fourth-order valence-corrected chi connectivity index (χ4v) is 4.13. The normalized spacial score (nSPS) is 13.1. The molecule has 4 aromatic rings. The number of furan rings is 1. The van der Waals surface area contributed by atoms with Crippen molar-refractivity contribution < 1.29 is 14.3 Å². The molecule has 0 amide bonds. The second-order valence-electron chi connectivity index (χ2n) is 8.39. The number of nitrogens with zero attached hydrogens (tertiary/aromatic N) is 5. The smallest absolute Gasteiger partial charge is 0.337 e. The van der Waals surface area contributed by atoms with Gasteiger partial charge in [-0.1, -0.05) is 43.6 Å². The lowest BCUT2D eigenvalue weighted by Crippen LogP contribution is -2.31. The van der Waals surface area contributed by atoms with Gasteiger partial charge in [-0.05, 0) is 61.7 Å². The first-order chi connectivity index (χ1) is 19.0. The van der Waals surface area contributed by atoms with E-state index in [4.69, 9.17) is 16.0 Å². The highest BCUT2D eigenvalue weighted by Crippen LogP contribution is 2.27. The minimum absolute atomic E-state index is 0.00622. The largest absolute Gasteiger partial charge is 0.478 e. The monoisotopic (exact) mass is 547 g/mol. The summed E-state index contributed by atoms with van der Waals surface area (Å²) in [6.07, 6.45) is 4.88. The van der Waals surface area contributed by atoms with Crippen molar-refractivity contribution in [1.82, 2.24) is 15.0 Å². The predicted octanol–water partition coefficient (Wildman–Crippen LogP) is 6.69. The number of hydrogen-bond donors (Lipinski definition) is 3. The zero-order valence-electron chi connectivity index (χ0n) is 21.8. The molecule has 1 aliphatic rings. The molecule has 11 heteroatoms. The number of aromatic carboxylic acids is 1. The third-order valence-electron chi connectivity index (χ3n) is 5.76. The van der Waals surface area contributed by atoms with E-state index >= 15 is 0 Å². The molecule has 2 aromatic carbocycles. The van der Waals surface area contributed by atoms with E-state index in [-0.39, 0.29) is 10.6 Å². The molecule has 1 aliphatic heterocycles. The number of hydrazone groups is 1. The van der Waals surface area contributed by atoms with Gasteiger partial charge in [0.2, 0.25) is 17.8 Å². The number of halogens is 1. The number of para-hydroxylation sites is 1. The molecule has 2 aromatic heterocycles. The van der Waals surface area contributed by atoms with Crippen molar-refractivity contribution in [3.05, 3.63) is 77.0 Å². The molecule has 3 heterocycles. The summed E-state index contributed by atoms with van der Waals surface area (Å²) in [6.45, 7) is 5.78. The fourth-order valence-electron chi connectivity index (χ4n) is 3.93. The summed E-state index contributed by atoms with van der Waals surface area (Å²) in [5.74, 6) is 1.14. The van der Waals surface area contributed by atoms with Crippen LogP contribution in [0.3, 0.4) is 0 Å². The molecule has 10 nitrogen and oxygen atoms in total. The average molecular weight is 548 g/mol. The molecule has 202 valence electrons. The van der Waals surface area contributed by atoms with Gasteiger partial charge < -0.3 is 19.7 Å². The first-order valence-corrected chi connectivity index (χ1v) is 13.2. The molecule has 0 aliphatic carbocycles. The number of carboxylic acid groups (broad SMARTS) is 1. The maximum atomic E-state index is 11.4. The zero-order valence-corrected chi connectivity index (χ0v) is 22.5. The molecule has 0 spiro atoms. The van der Waals surface area contributed by atoms with Gasteiger partial charge in [-0.3, -0.25) is 0 Å². The number of nitrogens with one attached hydrogen (secondary N) is 2. The van der Waals surface area contributed by atoms with Gasteiger partial charge in [-0.2, -0.15) is 20.1 Å². The van der Waals surface area contributed by atoms with E-state index in [9.17, 15) is 9.90 Å². The number of benzene rings is 2. The Morgan fingerprint density at radius 2 is 1.74 bits per heavy atom. The summed E-state index contributed by atoms with van der Waals surface area (Å²) in [7, 11) is 0. The maximum absolute atomic E-state index is 11.4. The van der Waals surface area contributed by atoms with E-state index in [0.29, 0.717) is 34.9 Å². The summed E-state index contributed by atoms with van der Waals surface area (Å²) in [5, 5.41) is 16.9. The number of piperidine rings is 1. The average Bonchev–Trinajstić information content (AvgIpc) is 3.44. The van der Waals surface area contributed by atoms with Gasteiger partial charge in [-0.25, -0.2) is 10.2 Å². The SMILES string of the molecule is CC.O=C(O)c1cc(-c2ccc(/C=N/Nc3nc(Nc4ccccc4)nc(N4CCCCC4)n3)o2)ccc1Cl. The Kier molecular flexibility index (Phi) is 9.47. The van der Waals surface area contributed by atoms with Crippen LogP contribution < -0.4 is 15.6 Å². The van der Waals surface area contributed by atoms with Gasteiger partial charge in [-0.15, -0.1) is 0 Å². The lowest BCUT2D eigenvalue weighted by Gasteiger charge is -2.26. The summed E-state index contributed by atoms with van der Waals surface area (Å²) < 4.78 is 5.80. The number of rotatable bonds is 8. The Balaban J connectivity index is 0.00000172. The lowest BCUT2D eigenvalue weighted by molar-refractivity contribution is 0.0697. The van der Waals surface area contributed by atoms with Gasteiger partial charge in [0, 0.05) is 24.3 Å². The Hall–Kier alpha value is -4.44. The van der Waals surface area contributed by atoms with Gasteiger partial charge in [0.1, 0.15) is 11.5 Å². The highest BCUT2D eigenvalue weighted by Gasteiger charge is 2.17. The lowest BCUT2D eigenvalue weighted by atomic mass is 10.1. The van der Waals surface area contributed by atoms with Gasteiger partial charge in [0.25, 0.3) is 0 Å². The standard InChI is InChI=1S/C26H24ClN7O3.C2H6/c27-21-11-9-17(15-20(21)23(35)36)22-12-10-19(37-22)16-28-33-25-30-24(29-18-7-3-1-4-8-18)31-26(32-25)34-13-5-2-6-14-34;1-2/h1,3-4,7-12,15-16H,2,5-6,13-14H2,(H,35,36)(H2,29,30,31,32,33);1-2H3/b28-16+;. The van der Waals surface area contributed by atoms with E-state index in [1.54, 1.807) is 18.2 Å². The number of carboxylic acids is 1. The minimum atomic E-state index is -1.10. The van der Waals surface area contributed by atoms with Crippen molar-refractivity contribution in [3.63, 3.8) is 0 Å². The van der Waals surface area contributed by atoms with Crippen LogP contribution in [-0.4, -0.2) is 45.3 Å². The van der Waals surface area contributed by atoms with Gasteiger partial charge >= 0.3 is 5.97 Å². The predicted molar refractivity (Wildman–Crippen MR) is 154 cm³/mol. The summed E-state index contributed by atoms with van der Waals surface area (Å²) in [5.41, 5.74) is 4.33. The van der Waals surface area contributed by atoms with Crippen LogP contribution >= 0.6 is 11.6 Å². The molecule has 39 heavy (non-hydrogen) atoms. The summed E-state index contributed by atoms with van der Waals surface area (Å²) in [4.78, 5) is 27.1. The first-order valence-electron chi connectivity index (χ1n) is 12.8. The quantitative estimate of drug-likeness (QED) is 0.163. The van der Waals surface area contributed by atoms with Crippen LogP contribution in [-0.2, 0) is 0 Å². The van der Waals surface area contributed by atoms with E-state index in [0.717, 1.165) is 31.6 Å².